The normalized spacial score (nSPS) is 12.9. The summed E-state index contributed by atoms with van der Waals surface area (Å²) in [5, 5.41) is 7.76. The van der Waals surface area contributed by atoms with E-state index in [2.05, 4.69) is 17.1 Å². The highest BCUT2D eigenvalue weighted by Gasteiger charge is 2.08. The summed E-state index contributed by atoms with van der Waals surface area (Å²) in [6.45, 7) is 4.52. The fourth-order valence-electron chi connectivity index (χ4n) is 1.81. The smallest absolute Gasteiger partial charge is 0.236 e. The van der Waals surface area contributed by atoms with E-state index in [4.69, 9.17) is 10.2 Å². The van der Waals surface area contributed by atoms with Gasteiger partial charge >= 0.3 is 0 Å². The van der Waals surface area contributed by atoms with E-state index in [9.17, 15) is 0 Å². The maximum absolute atomic E-state index is 6.05. The monoisotopic (exact) mass is 234 g/mol. The van der Waals surface area contributed by atoms with E-state index in [-0.39, 0.29) is 6.04 Å². The molecule has 1 unspecified atom stereocenters. The summed E-state index contributed by atoms with van der Waals surface area (Å²) in [4.78, 5) is 0. The van der Waals surface area contributed by atoms with Crippen molar-refractivity contribution in [2.24, 2.45) is 5.73 Å². The largest absolute Gasteiger partial charge is 0.424 e. The van der Waals surface area contributed by atoms with Crippen molar-refractivity contribution in [3.05, 3.63) is 35.8 Å². The molecule has 5 heteroatoms. The summed E-state index contributed by atoms with van der Waals surface area (Å²) in [6, 6.07) is 2.16. The lowest BCUT2D eigenvalue weighted by molar-refractivity contribution is 0.454. The number of hydrogen-bond donors (Lipinski definition) is 1. The summed E-state index contributed by atoms with van der Waals surface area (Å²) < 4.78 is 7.34. The summed E-state index contributed by atoms with van der Waals surface area (Å²) in [5.41, 5.74) is 7.21. The van der Waals surface area contributed by atoms with Gasteiger partial charge in [-0.15, -0.1) is 10.2 Å². The average molecular weight is 234 g/mol. The Morgan fingerprint density at radius 2 is 2.29 bits per heavy atom. The van der Waals surface area contributed by atoms with Crippen molar-refractivity contribution < 1.29 is 4.42 Å². The molecule has 92 valence electrons. The topological polar surface area (TPSA) is 69.9 Å². The Kier molecular flexibility index (Phi) is 3.58. The number of hydrogen-bond acceptors (Lipinski definition) is 4. The maximum atomic E-state index is 6.05. The molecule has 0 spiro atoms. The second kappa shape index (κ2) is 5.14. The molecular weight excluding hydrogens is 216 g/mol. The van der Waals surface area contributed by atoms with Gasteiger partial charge < -0.3 is 14.7 Å². The zero-order valence-electron chi connectivity index (χ0n) is 10.3. The molecule has 0 amide bonds. The summed E-state index contributed by atoms with van der Waals surface area (Å²) in [5.74, 6) is 1.21. The molecule has 0 aliphatic heterocycles. The highest BCUT2D eigenvalue weighted by molar-refractivity contribution is 5.15. The van der Waals surface area contributed by atoms with Crippen molar-refractivity contribution in [1.29, 1.82) is 0 Å². The van der Waals surface area contributed by atoms with Crippen molar-refractivity contribution in [1.82, 2.24) is 14.8 Å². The molecule has 0 aromatic carbocycles. The summed E-state index contributed by atoms with van der Waals surface area (Å²) in [7, 11) is 0. The third-order valence-corrected chi connectivity index (χ3v) is 2.69. The predicted molar refractivity (Wildman–Crippen MR) is 64.4 cm³/mol. The second-order valence-corrected chi connectivity index (χ2v) is 4.23. The number of nitrogens with zero attached hydrogens (tertiary/aromatic N) is 3. The first-order chi connectivity index (χ1) is 8.19. The van der Waals surface area contributed by atoms with Gasteiger partial charge in [-0.1, -0.05) is 13.3 Å². The zero-order valence-corrected chi connectivity index (χ0v) is 10.3. The molecule has 0 aliphatic carbocycles. The van der Waals surface area contributed by atoms with Gasteiger partial charge in [0, 0.05) is 25.4 Å². The minimum Gasteiger partial charge on any atom is -0.424 e. The summed E-state index contributed by atoms with van der Waals surface area (Å²) >= 11 is 0. The summed E-state index contributed by atoms with van der Waals surface area (Å²) in [6.07, 6.45) is 6.13. The molecule has 0 saturated heterocycles. The lowest BCUT2D eigenvalue weighted by Gasteiger charge is -2.07. The van der Waals surface area contributed by atoms with Crippen LogP contribution in [0.15, 0.2) is 22.9 Å². The molecule has 1 atom stereocenters. The molecule has 2 aromatic heterocycles. The van der Waals surface area contributed by atoms with Gasteiger partial charge in [-0.05, 0) is 18.1 Å². The van der Waals surface area contributed by atoms with Crippen LogP contribution in [0, 0.1) is 6.92 Å². The Morgan fingerprint density at radius 3 is 2.94 bits per heavy atom. The van der Waals surface area contributed by atoms with E-state index in [1.807, 2.05) is 23.0 Å². The first-order valence-electron chi connectivity index (χ1n) is 5.89. The second-order valence-electron chi connectivity index (χ2n) is 4.23. The van der Waals surface area contributed by atoms with Crippen molar-refractivity contribution in [3.8, 4) is 0 Å². The van der Waals surface area contributed by atoms with Crippen molar-refractivity contribution in [3.63, 3.8) is 0 Å². The van der Waals surface area contributed by atoms with Gasteiger partial charge in [-0.2, -0.15) is 0 Å². The van der Waals surface area contributed by atoms with Gasteiger partial charge in [-0.25, -0.2) is 0 Å². The van der Waals surface area contributed by atoms with Gasteiger partial charge in [0.05, 0.1) is 0 Å². The SMILES string of the molecule is CCCC(N)c1ccn(Cc2nnc(C)o2)c1. The predicted octanol–water partition coefficient (Wildman–Crippen LogP) is 2.03. The van der Waals surface area contributed by atoms with E-state index < -0.39 is 0 Å². The average Bonchev–Trinajstić information content (AvgIpc) is 2.89. The highest BCUT2D eigenvalue weighted by Crippen LogP contribution is 2.16. The quantitative estimate of drug-likeness (QED) is 0.859. The van der Waals surface area contributed by atoms with Crippen LogP contribution < -0.4 is 5.73 Å². The van der Waals surface area contributed by atoms with Crippen molar-refractivity contribution in [2.75, 3.05) is 0 Å². The molecule has 2 rings (SSSR count). The zero-order chi connectivity index (χ0) is 12.3. The van der Waals surface area contributed by atoms with Crippen molar-refractivity contribution >= 4 is 0 Å². The van der Waals surface area contributed by atoms with Crippen LogP contribution in [0.4, 0.5) is 0 Å². The minimum atomic E-state index is 0.116. The van der Waals surface area contributed by atoms with Gasteiger partial charge in [-0.3, -0.25) is 0 Å². The van der Waals surface area contributed by atoms with Crippen LogP contribution in [0.2, 0.25) is 0 Å². The molecule has 0 saturated carbocycles. The van der Waals surface area contributed by atoms with Crippen LogP contribution in [0.25, 0.3) is 0 Å². The molecule has 0 bridgehead atoms. The van der Waals surface area contributed by atoms with E-state index in [1.54, 1.807) is 6.92 Å². The lowest BCUT2D eigenvalue weighted by atomic mass is 10.1. The third-order valence-electron chi connectivity index (χ3n) is 2.69. The minimum absolute atomic E-state index is 0.116. The number of aryl methyl sites for hydroxylation is 1. The number of nitrogens with two attached hydrogens (primary N) is 1. The van der Waals surface area contributed by atoms with Crippen LogP contribution in [0.1, 0.15) is 43.2 Å². The molecule has 0 fully saturated rings. The van der Waals surface area contributed by atoms with E-state index >= 15 is 0 Å². The number of rotatable bonds is 5. The van der Waals surface area contributed by atoms with E-state index in [0.29, 0.717) is 18.3 Å². The van der Waals surface area contributed by atoms with Gasteiger partial charge in [0.15, 0.2) is 0 Å². The highest BCUT2D eigenvalue weighted by atomic mass is 16.4. The molecule has 2 heterocycles. The molecule has 2 N–H and O–H groups in total. The fraction of sp³-hybridized carbons (Fsp3) is 0.500. The molecular formula is C12H18N4O. The van der Waals surface area contributed by atoms with Gasteiger partial charge in [0.2, 0.25) is 11.8 Å². The Balaban J connectivity index is 2.03. The fourth-order valence-corrected chi connectivity index (χ4v) is 1.81. The standard InChI is InChI=1S/C12H18N4O/c1-3-4-11(13)10-5-6-16(7-10)8-12-15-14-9(2)17-12/h5-7,11H,3-4,8,13H2,1-2H3. The lowest BCUT2D eigenvalue weighted by Crippen LogP contribution is -2.08. The third kappa shape index (κ3) is 2.94. The maximum Gasteiger partial charge on any atom is 0.236 e. The first kappa shape index (κ1) is 11.9. The van der Waals surface area contributed by atoms with Gasteiger partial charge in [0.1, 0.15) is 6.54 Å². The van der Waals surface area contributed by atoms with Crippen molar-refractivity contribution in [2.45, 2.75) is 39.3 Å². The van der Waals surface area contributed by atoms with Crippen LogP contribution in [-0.2, 0) is 6.54 Å². The Labute approximate surface area is 101 Å². The van der Waals surface area contributed by atoms with Crippen LogP contribution in [-0.4, -0.2) is 14.8 Å². The van der Waals surface area contributed by atoms with Gasteiger partial charge in [0.25, 0.3) is 0 Å². The Hall–Kier alpha value is -1.62. The van der Waals surface area contributed by atoms with Crippen LogP contribution in [0.5, 0.6) is 0 Å². The van der Waals surface area contributed by atoms with Crippen LogP contribution in [0.3, 0.4) is 0 Å². The molecule has 17 heavy (non-hydrogen) atoms. The van der Waals surface area contributed by atoms with E-state index in [0.717, 1.165) is 18.4 Å². The first-order valence-corrected chi connectivity index (χ1v) is 5.89. The molecule has 0 aliphatic rings. The Morgan fingerprint density at radius 1 is 1.47 bits per heavy atom. The Bertz CT molecular complexity index is 474. The number of aromatic nitrogens is 3. The van der Waals surface area contributed by atoms with E-state index in [1.165, 1.54) is 0 Å². The molecule has 0 radical (unpaired) electrons. The molecule has 2 aromatic rings. The molecule has 5 nitrogen and oxygen atoms in total. The van der Waals surface area contributed by atoms with Crippen LogP contribution >= 0.6 is 0 Å².